The zero-order chi connectivity index (χ0) is 13.1. The number of halogens is 3. The van der Waals surface area contributed by atoms with E-state index >= 15 is 0 Å². The molecule has 0 saturated carbocycles. The Morgan fingerprint density at radius 3 is 2.44 bits per heavy atom. The summed E-state index contributed by atoms with van der Waals surface area (Å²) in [4.78, 5) is 0. The van der Waals surface area contributed by atoms with Gasteiger partial charge in [-0.25, -0.2) is 0 Å². The Kier molecular flexibility index (Phi) is 4.48. The highest BCUT2D eigenvalue weighted by molar-refractivity contribution is 14.1. The molecule has 0 unspecified atom stereocenters. The fourth-order valence-electron chi connectivity index (χ4n) is 1.59. The molecule has 0 radical (unpaired) electrons. The van der Waals surface area contributed by atoms with E-state index in [1.807, 2.05) is 18.2 Å². The highest BCUT2D eigenvalue weighted by Gasteiger charge is 2.14. The second kappa shape index (κ2) is 5.91. The zero-order valence-corrected chi connectivity index (χ0v) is 12.7. The van der Waals surface area contributed by atoms with Gasteiger partial charge in [0.1, 0.15) is 5.71 Å². The van der Waals surface area contributed by atoms with Crippen LogP contribution >= 0.6 is 45.8 Å². The monoisotopic (exact) mass is 391 g/mol. The maximum absolute atomic E-state index is 9.26. The molecule has 0 atom stereocenters. The number of hydrogen-bond acceptors (Lipinski definition) is 2. The van der Waals surface area contributed by atoms with Crippen molar-refractivity contribution in [3.05, 3.63) is 67.2 Å². The van der Waals surface area contributed by atoms with Crippen molar-refractivity contribution in [3.8, 4) is 0 Å². The molecular weight excluding hydrogens is 384 g/mol. The van der Waals surface area contributed by atoms with Crippen LogP contribution in [0.5, 0.6) is 0 Å². The number of oxime groups is 1. The van der Waals surface area contributed by atoms with E-state index in [4.69, 9.17) is 23.2 Å². The van der Waals surface area contributed by atoms with E-state index < -0.39 is 0 Å². The Morgan fingerprint density at radius 1 is 1.06 bits per heavy atom. The van der Waals surface area contributed by atoms with E-state index in [-0.39, 0.29) is 0 Å². The Hall–Kier alpha value is -0.780. The van der Waals surface area contributed by atoms with Crippen molar-refractivity contribution in [1.82, 2.24) is 0 Å². The molecule has 0 heterocycles. The summed E-state index contributed by atoms with van der Waals surface area (Å²) in [6.07, 6.45) is 0. The average molecular weight is 392 g/mol. The molecule has 2 aromatic carbocycles. The van der Waals surface area contributed by atoms with Crippen LogP contribution in [0.1, 0.15) is 11.1 Å². The lowest BCUT2D eigenvalue weighted by Crippen LogP contribution is -2.06. The molecule has 0 saturated heterocycles. The maximum Gasteiger partial charge on any atom is 0.119 e. The standard InChI is InChI=1S/C13H8Cl2INO/c14-8-5-6-12(16)10(7-8)13(17-18)9-3-1-2-4-11(9)15/h1-7,18H. The minimum absolute atomic E-state index is 0.410. The highest BCUT2D eigenvalue weighted by atomic mass is 127. The molecule has 0 aliphatic carbocycles. The summed E-state index contributed by atoms with van der Waals surface area (Å²) in [5.41, 5.74) is 1.83. The molecule has 18 heavy (non-hydrogen) atoms. The van der Waals surface area contributed by atoms with Crippen LogP contribution in [-0.2, 0) is 0 Å². The predicted molar refractivity (Wildman–Crippen MR) is 83.0 cm³/mol. The van der Waals surface area contributed by atoms with E-state index in [9.17, 15) is 5.21 Å². The first-order valence-corrected chi connectivity index (χ1v) is 6.89. The lowest BCUT2D eigenvalue weighted by atomic mass is 10.0. The van der Waals surface area contributed by atoms with Gasteiger partial charge in [-0.3, -0.25) is 0 Å². The van der Waals surface area contributed by atoms with Gasteiger partial charge in [-0.2, -0.15) is 0 Å². The van der Waals surface area contributed by atoms with Crippen LogP contribution < -0.4 is 0 Å². The van der Waals surface area contributed by atoms with Crippen LogP contribution in [0, 0.1) is 3.57 Å². The molecule has 2 nitrogen and oxygen atoms in total. The minimum atomic E-state index is 0.410. The first-order valence-electron chi connectivity index (χ1n) is 5.06. The van der Waals surface area contributed by atoms with Gasteiger partial charge in [-0.15, -0.1) is 0 Å². The maximum atomic E-state index is 9.26. The quantitative estimate of drug-likeness (QED) is 0.338. The van der Waals surface area contributed by atoms with Crippen LogP contribution in [0.4, 0.5) is 0 Å². The van der Waals surface area contributed by atoms with Gasteiger partial charge in [0.15, 0.2) is 0 Å². The number of hydrogen-bond donors (Lipinski definition) is 1. The molecule has 0 aliphatic rings. The normalized spacial score (nSPS) is 11.6. The summed E-state index contributed by atoms with van der Waals surface area (Å²) in [5, 5.41) is 13.7. The third kappa shape index (κ3) is 2.79. The molecule has 92 valence electrons. The molecule has 5 heteroatoms. The first kappa shape index (κ1) is 13.6. The lowest BCUT2D eigenvalue weighted by molar-refractivity contribution is 0.319. The van der Waals surface area contributed by atoms with Gasteiger partial charge in [-0.05, 0) is 46.9 Å². The van der Waals surface area contributed by atoms with Crippen LogP contribution in [0.3, 0.4) is 0 Å². The molecule has 0 spiro atoms. The average Bonchev–Trinajstić information content (AvgIpc) is 2.36. The van der Waals surface area contributed by atoms with Gasteiger partial charge < -0.3 is 5.21 Å². The summed E-state index contributed by atoms with van der Waals surface area (Å²) in [6.45, 7) is 0. The van der Waals surface area contributed by atoms with Crippen LogP contribution in [0.25, 0.3) is 0 Å². The van der Waals surface area contributed by atoms with E-state index in [0.29, 0.717) is 21.3 Å². The summed E-state index contributed by atoms with van der Waals surface area (Å²) in [5.74, 6) is 0. The van der Waals surface area contributed by atoms with Gasteiger partial charge in [0.2, 0.25) is 0 Å². The predicted octanol–water partition coefficient (Wildman–Crippen LogP) is 4.82. The Morgan fingerprint density at radius 2 is 1.78 bits per heavy atom. The molecule has 0 bridgehead atoms. The van der Waals surface area contributed by atoms with Crippen LogP contribution in [0.2, 0.25) is 10.0 Å². The highest BCUT2D eigenvalue weighted by Crippen LogP contribution is 2.25. The zero-order valence-electron chi connectivity index (χ0n) is 9.07. The van der Waals surface area contributed by atoms with Crippen molar-refractivity contribution < 1.29 is 5.21 Å². The topological polar surface area (TPSA) is 32.6 Å². The Balaban J connectivity index is 2.60. The second-order valence-electron chi connectivity index (χ2n) is 3.55. The van der Waals surface area contributed by atoms with Crippen molar-refractivity contribution in [2.75, 3.05) is 0 Å². The smallest absolute Gasteiger partial charge is 0.119 e. The van der Waals surface area contributed by atoms with E-state index in [1.54, 1.807) is 24.3 Å². The Bertz CT molecular complexity index is 614. The summed E-state index contributed by atoms with van der Waals surface area (Å²) in [7, 11) is 0. The SMILES string of the molecule is ON=C(c1ccccc1Cl)c1cc(Cl)ccc1I. The number of rotatable bonds is 2. The lowest BCUT2D eigenvalue weighted by Gasteiger charge is -2.09. The Labute approximate surface area is 128 Å². The van der Waals surface area contributed by atoms with Crippen molar-refractivity contribution in [1.29, 1.82) is 0 Å². The summed E-state index contributed by atoms with van der Waals surface area (Å²) in [6, 6.07) is 12.6. The van der Waals surface area contributed by atoms with Crippen molar-refractivity contribution in [2.45, 2.75) is 0 Å². The first-order chi connectivity index (χ1) is 8.63. The largest absolute Gasteiger partial charge is 0.410 e. The summed E-state index contributed by atoms with van der Waals surface area (Å²) < 4.78 is 0.935. The molecule has 1 N–H and O–H groups in total. The number of nitrogens with zero attached hydrogens (tertiary/aromatic N) is 1. The molecule has 0 aromatic heterocycles. The number of benzene rings is 2. The third-order valence-corrected chi connectivity index (χ3v) is 3.92. The van der Waals surface area contributed by atoms with Crippen molar-refractivity contribution in [3.63, 3.8) is 0 Å². The van der Waals surface area contributed by atoms with Crippen LogP contribution in [-0.4, -0.2) is 10.9 Å². The molecule has 0 amide bonds. The third-order valence-electron chi connectivity index (χ3n) is 2.41. The van der Waals surface area contributed by atoms with E-state index in [2.05, 4.69) is 27.7 Å². The fourth-order valence-corrected chi connectivity index (χ4v) is 2.57. The second-order valence-corrected chi connectivity index (χ2v) is 5.56. The minimum Gasteiger partial charge on any atom is -0.410 e. The molecular formula is C13H8Cl2INO. The van der Waals surface area contributed by atoms with Gasteiger partial charge in [-0.1, -0.05) is 46.6 Å². The van der Waals surface area contributed by atoms with Crippen molar-refractivity contribution in [2.24, 2.45) is 5.16 Å². The van der Waals surface area contributed by atoms with E-state index in [1.165, 1.54) is 0 Å². The van der Waals surface area contributed by atoms with Gasteiger partial charge in [0.25, 0.3) is 0 Å². The molecule has 2 rings (SSSR count). The van der Waals surface area contributed by atoms with Gasteiger partial charge in [0.05, 0.1) is 5.02 Å². The molecule has 0 aliphatic heterocycles. The van der Waals surface area contributed by atoms with Crippen LogP contribution in [0.15, 0.2) is 47.6 Å². The van der Waals surface area contributed by atoms with Crippen molar-refractivity contribution >= 4 is 51.5 Å². The molecule has 0 fully saturated rings. The molecule has 2 aromatic rings. The van der Waals surface area contributed by atoms with Gasteiger partial charge >= 0.3 is 0 Å². The fraction of sp³-hybridized carbons (Fsp3) is 0. The summed E-state index contributed by atoms with van der Waals surface area (Å²) >= 11 is 14.2. The van der Waals surface area contributed by atoms with Gasteiger partial charge in [0, 0.05) is 19.7 Å². The van der Waals surface area contributed by atoms with E-state index in [0.717, 1.165) is 9.13 Å².